The highest BCUT2D eigenvalue weighted by molar-refractivity contribution is 8.00. The fraction of sp³-hybridized carbons (Fsp3) is 0.379. The number of amides is 2. The molecule has 0 bridgehead atoms. The molecule has 0 radical (unpaired) electrons. The van der Waals surface area contributed by atoms with Crippen LogP contribution in [0.5, 0.6) is 0 Å². The Kier molecular flexibility index (Phi) is 7.68. The predicted molar refractivity (Wildman–Crippen MR) is 154 cm³/mol. The van der Waals surface area contributed by atoms with Crippen LogP contribution in [0, 0.1) is 12.8 Å². The van der Waals surface area contributed by atoms with E-state index in [-0.39, 0.29) is 29.8 Å². The molecular weight excluding hydrogens is 534 g/mol. The number of anilines is 2. The summed E-state index contributed by atoms with van der Waals surface area (Å²) in [5.74, 6) is -2.27. The van der Waals surface area contributed by atoms with Crippen LogP contribution in [0.3, 0.4) is 0 Å². The number of carbonyl (C=O) groups is 3. The molecule has 0 N–H and O–H groups in total. The molecule has 39 heavy (non-hydrogen) atoms. The van der Waals surface area contributed by atoms with E-state index in [1.807, 2.05) is 43.3 Å². The van der Waals surface area contributed by atoms with Crippen LogP contribution in [-0.4, -0.2) is 47.3 Å². The predicted octanol–water partition coefficient (Wildman–Crippen LogP) is 4.42. The molecule has 5 rings (SSSR count). The molecule has 2 aliphatic rings. The molecule has 3 atom stereocenters. The van der Waals surface area contributed by atoms with Crippen molar-refractivity contribution in [3.05, 3.63) is 74.2 Å². The Hall–Kier alpha value is -3.37. The number of thioether (sulfide) groups is 1. The van der Waals surface area contributed by atoms with E-state index in [2.05, 4.69) is 18.7 Å². The number of benzene rings is 2. The van der Waals surface area contributed by atoms with Gasteiger partial charge in [-0.05, 0) is 57.5 Å². The van der Waals surface area contributed by atoms with Gasteiger partial charge in [0.2, 0.25) is 11.8 Å². The zero-order valence-corrected chi connectivity index (χ0v) is 24.0. The topological polar surface area (TPSA) is 88.9 Å². The average Bonchev–Trinajstić information content (AvgIpc) is 3.37. The molecule has 3 aromatic rings. The molecule has 0 saturated carbocycles. The summed E-state index contributed by atoms with van der Waals surface area (Å²) in [5.41, 5.74) is 3.49. The molecule has 10 heteroatoms. The van der Waals surface area contributed by atoms with E-state index in [0.29, 0.717) is 15.6 Å². The number of fused-ring (bicyclic) bond motifs is 2. The first-order chi connectivity index (χ1) is 18.8. The molecule has 3 unspecified atom stereocenters. The molecule has 0 aliphatic carbocycles. The lowest BCUT2D eigenvalue weighted by atomic mass is 9.83. The number of hydrogen-bond acceptors (Lipinski definition) is 8. The van der Waals surface area contributed by atoms with Crippen molar-refractivity contribution in [3.8, 4) is 0 Å². The lowest BCUT2D eigenvalue weighted by molar-refractivity contribution is -0.144. The summed E-state index contributed by atoms with van der Waals surface area (Å²) in [5, 5.41) is -0.162. The number of ether oxygens (including phenoxy) is 1. The molecule has 0 spiro atoms. The summed E-state index contributed by atoms with van der Waals surface area (Å²) in [6.45, 7) is 9.55. The van der Waals surface area contributed by atoms with Gasteiger partial charge in [-0.1, -0.05) is 52.9 Å². The van der Waals surface area contributed by atoms with Crippen molar-refractivity contribution in [2.45, 2.75) is 50.4 Å². The van der Waals surface area contributed by atoms with Gasteiger partial charge in [0.05, 0.1) is 23.2 Å². The Morgan fingerprint density at radius 3 is 2.23 bits per heavy atom. The van der Waals surface area contributed by atoms with Gasteiger partial charge in [0, 0.05) is 29.6 Å². The van der Waals surface area contributed by atoms with E-state index in [4.69, 9.17) is 4.74 Å². The van der Waals surface area contributed by atoms with Gasteiger partial charge in [-0.25, -0.2) is 4.90 Å². The third-order valence-corrected chi connectivity index (χ3v) is 9.92. The lowest BCUT2D eigenvalue weighted by Gasteiger charge is -2.31. The van der Waals surface area contributed by atoms with E-state index in [1.54, 1.807) is 19.1 Å². The van der Waals surface area contributed by atoms with Gasteiger partial charge in [-0.15, -0.1) is 0 Å². The molecule has 1 fully saturated rings. The van der Waals surface area contributed by atoms with Crippen LogP contribution in [-0.2, 0) is 25.7 Å². The number of thiazole rings is 1. The fourth-order valence-corrected chi connectivity index (χ4v) is 8.15. The van der Waals surface area contributed by atoms with Crippen molar-refractivity contribution in [1.82, 2.24) is 4.57 Å². The molecular formula is C29H31N3O5S2. The minimum atomic E-state index is -0.721. The van der Waals surface area contributed by atoms with Gasteiger partial charge in [0.1, 0.15) is 11.8 Å². The van der Waals surface area contributed by atoms with Crippen LogP contribution in [0.4, 0.5) is 11.4 Å². The normalized spacial score (nSPS) is 20.1. The van der Waals surface area contributed by atoms with Gasteiger partial charge in [-0.2, -0.15) is 0 Å². The maximum atomic E-state index is 14.0. The van der Waals surface area contributed by atoms with Gasteiger partial charge in [0.15, 0.2) is 0 Å². The number of imide groups is 1. The average molecular weight is 566 g/mol. The van der Waals surface area contributed by atoms with Gasteiger partial charge >= 0.3 is 10.8 Å². The van der Waals surface area contributed by atoms with Crippen LogP contribution in [0.2, 0.25) is 0 Å². The van der Waals surface area contributed by atoms with Crippen molar-refractivity contribution < 1.29 is 19.1 Å². The second kappa shape index (κ2) is 11.0. The van der Waals surface area contributed by atoms with E-state index >= 15 is 0 Å². The van der Waals surface area contributed by atoms with Crippen molar-refractivity contribution >= 4 is 52.3 Å². The summed E-state index contributed by atoms with van der Waals surface area (Å²) in [4.78, 5) is 57.1. The minimum absolute atomic E-state index is 0.206. The Morgan fingerprint density at radius 2 is 1.62 bits per heavy atom. The molecule has 204 valence electrons. The summed E-state index contributed by atoms with van der Waals surface area (Å²) in [7, 11) is 0. The van der Waals surface area contributed by atoms with Gasteiger partial charge in [-0.3, -0.25) is 23.7 Å². The van der Waals surface area contributed by atoms with Crippen LogP contribution < -0.4 is 14.7 Å². The highest BCUT2D eigenvalue weighted by Gasteiger charge is 2.56. The highest BCUT2D eigenvalue weighted by Crippen LogP contribution is 2.54. The van der Waals surface area contributed by atoms with E-state index in [1.165, 1.54) is 21.2 Å². The molecule has 2 aromatic carbocycles. The molecule has 2 aliphatic heterocycles. The van der Waals surface area contributed by atoms with Crippen molar-refractivity contribution in [2.75, 3.05) is 29.5 Å². The largest absolute Gasteiger partial charge is 0.465 e. The zero-order valence-electron chi connectivity index (χ0n) is 22.4. The second-order valence-corrected chi connectivity index (χ2v) is 11.7. The second-order valence-electron chi connectivity index (χ2n) is 9.58. The molecule has 1 aromatic heterocycles. The summed E-state index contributed by atoms with van der Waals surface area (Å²) < 4.78 is 6.49. The highest BCUT2D eigenvalue weighted by atomic mass is 32.2. The smallest absolute Gasteiger partial charge is 0.326 e. The maximum Gasteiger partial charge on any atom is 0.326 e. The maximum absolute atomic E-state index is 14.0. The third-order valence-electron chi connectivity index (χ3n) is 7.31. The SMILES string of the molecule is CCOC(=O)Cn1c2c(sc1=O)C(c1ccc(N(CC)CC)cc1)C1C(=O)N(c3ccc(C)cc3)C(=O)C1S2. The first-order valence-electron chi connectivity index (χ1n) is 13.1. The Bertz CT molecular complexity index is 1460. The van der Waals surface area contributed by atoms with Crippen LogP contribution in [0.15, 0.2) is 58.4 Å². The summed E-state index contributed by atoms with van der Waals surface area (Å²) in [6.07, 6.45) is 0. The Labute approximate surface area is 235 Å². The number of esters is 1. The van der Waals surface area contributed by atoms with E-state index in [0.717, 1.165) is 41.2 Å². The van der Waals surface area contributed by atoms with E-state index in [9.17, 15) is 19.2 Å². The zero-order chi connectivity index (χ0) is 27.8. The van der Waals surface area contributed by atoms with Crippen molar-refractivity contribution in [1.29, 1.82) is 0 Å². The number of nitrogens with zero attached hydrogens (tertiary/aromatic N) is 3. The summed E-state index contributed by atoms with van der Waals surface area (Å²) in [6, 6.07) is 15.3. The lowest BCUT2D eigenvalue weighted by Crippen LogP contribution is -2.32. The molecule has 1 saturated heterocycles. The van der Waals surface area contributed by atoms with Crippen molar-refractivity contribution in [2.24, 2.45) is 5.92 Å². The van der Waals surface area contributed by atoms with Crippen molar-refractivity contribution in [3.63, 3.8) is 0 Å². The quantitative estimate of drug-likeness (QED) is 0.295. The van der Waals surface area contributed by atoms with Gasteiger partial charge in [0.25, 0.3) is 0 Å². The molecule has 3 heterocycles. The van der Waals surface area contributed by atoms with Crippen LogP contribution in [0.25, 0.3) is 0 Å². The van der Waals surface area contributed by atoms with E-state index < -0.39 is 23.1 Å². The number of hydrogen-bond donors (Lipinski definition) is 0. The van der Waals surface area contributed by atoms with Crippen LogP contribution >= 0.6 is 23.1 Å². The minimum Gasteiger partial charge on any atom is -0.465 e. The first kappa shape index (κ1) is 27.2. The fourth-order valence-electron chi connectivity index (χ4n) is 5.38. The van der Waals surface area contributed by atoms with Crippen LogP contribution in [0.1, 0.15) is 42.7 Å². The Morgan fingerprint density at radius 1 is 0.949 bits per heavy atom. The van der Waals surface area contributed by atoms with Gasteiger partial charge < -0.3 is 9.64 Å². The standard InChI is InChI=1S/C29H31N3O5S2/c1-5-30(6-2)19-14-10-18(11-15-19)22-23-24(27(35)32(26(23)34)20-12-8-17(4)9-13-20)38-28-25(22)39-29(36)31(28)16-21(33)37-7-3/h8-15,22-24H,5-7,16H2,1-4H3. The number of aryl methyl sites for hydroxylation is 1. The monoisotopic (exact) mass is 565 g/mol. The molecule has 2 amide bonds. The Balaban J connectivity index is 1.62. The molecule has 8 nitrogen and oxygen atoms in total. The number of rotatable bonds is 8. The number of carbonyl (C=O) groups excluding carboxylic acids is 3. The number of aromatic nitrogens is 1. The first-order valence-corrected chi connectivity index (χ1v) is 14.8. The summed E-state index contributed by atoms with van der Waals surface area (Å²) >= 11 is 2.24. The third kappa shape index (κ3) is 4.80.